The molecule has 2 rings (SSSR count). The Labute approximate surface area is 88.0 Å². The highest BCUT2D eigenvalue weighted by molar-refractivity contribution is 5.34. The van der Waals surface area contributed by atoms with Crippen LogP contribution >= 0.6 is 0 Å². The van der Waals surface area contributed by atoms with Crippen molar-refractivity contribution in [3.8, 4) is 5.82 Å². The normalized spacial score (nSPS) is 10.5. The van der Waals surface area contributed by atoms with Gasteiger partial charge in [0, 0.05) is 6.20 Å². The molecule has 2 heterocycles. The zero-order valence-corrected chi connectivity index (χ0v) is 8.59. The first-order valence-corrected chi connectivity index (χ1v) is 4.82. The van der Waals surface area contributed by atoms with E-state index >= 15 is 0 Å². The molecule has 0 saturated heterocycles. The Bertz CT molecular complexity index is 435. The first kappa shape index (κ1) is 9.79. The van der Waals surface area contributed by atoms with Crippen LogP contribution in [0, 0.1) is 6.92 Å². The lowest BCUT2D eigenvalue weighted by molar-refractivity contribution is 0.829. The number of hydrogen-bond donors (Lipinski definition) is 1. The van der Waals surface area contributed by atoms with Crippen LogP contribution in [0.5, 0.6) is 0 Å². The number of rotatable bonds is 3. The second-order valence-electron chi connectivity index (χ2n) is 3.36. The van der Waals surface area contributed by atoms with Gasteiger partial charge in [-0.3, -0.25) is 0 Å². The number of nitrogens with two attached hydrogens (primary N) is 1. The van der Waals surface area contributed by atoms with Gasteiger partial charge in [-0.1, -0.05) is 6.07 Å². The van der Waals surface area contributed by atoms with E-state index in [4.69, 9.17) is 5.73 Å². The van der Waals surface area contributed by atoms with Crippen molar-refractivity contribution in [1.29, 1.82) is 0 Å². The minimum Gasteiger partial charge on any atom is -0.330 e. The van der Waals surface area contributed by atoms with Crippen molar-refractivity contribution in [2.45, 2.75) is 13.3 Å². The van der Waals surface area contributed by atoms with Crippen LogP contribution in [-0.2, 0) is 6.42 Å². The van der Waals surface area contributed by atoms with E-state index in [-0.39, 0.29) is 0 Å². The molecule has 0 aliphatic heterocycles. The average Bonchev–Trinajstić information content (AvgIpc) is 2.71. The molecule has 15 heavy (non-hydrogen) atoms. The Kier molecular flexibility index (Phi) is 2.73. The van der Waals surface area contributed by atoms with Crippen LogP contribution in [0.1, 0.15) is 11.1 Å². The minimum atomic E-state index is 0.643. The zero-order chi connectivity index (χ0) is 10.7. The fourth-order valence-corrected chi connectivity index (χ4v) is 1.49. The standard InChI is InChI=1S/C10H13N5/c1-8-4-9(2-3-11)5-13-10(8)15-7-12-6-14-15/h4-7H,2-3,11H2,1H3. The van der Waals surface area contributed by atoms with Crippen molar-refractivity contribution in [2.24, 2.45) is 5.73 Å². The summed E-state index contributed by atoms with van der Waals surface area (Å²) in [5.41, 5.74) is 7.72. The number of nitrogens with zero attached hydrogens (tertiary/aromatic N) is 4. The van der Waals surface area contributed by atoms with Gasteiger partial charge in [0.1, 0.15) is 12.7 Å². The summed E-state index contributed by atoms with van der Waals surface area (Å²) in [5.74, 6) is 0.813. The van der Waals surface area contributed by atoms with Crippen LogP contribution in [0.2, 0.25) is 0 Å². The first-order valence-electron chi connectivity index (χ1n) is 4.82. The van der Waals surface area contributed by atoms with E-state index in [0.717, 1.165) is 23.4 Å². The van der Waals surface area contributed by atoms with Gasteiger partial charge in [0.25, 0.3) is 0 Å². The van der Waals surface area contributed by atoms with Crippen LogP contribution in [0.3, 0.4) is 0 Å². The molecule has 0 amide bonds. The SMILES string of the molecule is Cc1cc(CCN)cnc1-n1cncn1. The topological polar surface area (TPSA) is 69.6 Å². The maximum Gasteiger partial charge on any atom is 0.158 e. The molecular formula is C10H13N5. The van der Waals surface area contributed by atoms with Crippen LogP contribution < -0.4 is 5.73 Å². The lowest BCUT2D eigenvalue weighted by Crippen LogP contribution is -2.06. The summed E-state index contributed by atoms with van der Waals surface area (Å²) in [4.78, 5) is 8.23. The number of hydrogen-bond acceptors (Lipinski definition) is 4. The quantitative estimate of drug-likeness (QED) is 0.787. The lowest BCUT2D eigenvalue weighted by Gasteiger charge is -2.05. The summed E-state index contributed by atoms with van der Waals surface area (Å²) in [6.07, 6.45) is 5.81. The van der Waals surface area contributed by atoms with E-state index in [0.29, 0.717) is 6.54 Å². The van der Waals surface area contributed by atoms with Crippen LogP contribution in [0.25, 0.3) is 5.82 Å². The predicted molar refractivity (Wildman–Crippen MR) is 56.6 cm³/mol. The third-order valence-electron chi connectivity index (χ3n) is 2.18. The lowest BCUT2D eigenvalue weighted by atomic mass is 10.1. The van der Waals surface area contributed by atoms with Gasteiger partial charge < -0.3 is 5.73 Å². The Morgan fingerprint density at radius 3 is 2.93 bits per heavy atom. The van der Waals surface area contributed by atoms with Gasteiger partial charge in [-0.15, -0.1) is 0 Å². The molecule has 0 spiro atoms. The molecule has 0 fully saturated rings. The maximum absolute atomic E-state index is 5.49. The fraction of sp³-hybridized carbons (Fsp3) is 0.300. The second-order valence-corrected chi connectivity index (χ2v) is 3.36. The van der Waals surface area contributed by atoms with E-state index < -0.39 is 0 Å². The van der Waals surface area contributed by atoms with Crippen LogP contribution in [0.15, 0.2) is 24.9 Å². The van der Waals surface area contributed by atoms with Gasteiger partial charge in [0.05, 0.1) is 0 Å². The molecule has 2 N–H and O–H groups in total. The van der Waals surface area contributed by atoms with E-state index in [9.17, 15) is 0 Å². The summed E-state index contributed by atoms with van der Waals surface area (Å²) in [6.45, 7) is 2.65. The Morgan fingerprint density at radius 1 is 1.47 bits per heavy atom. The molecule has 5 nitrogen and oxygen atoms in total. The fourth-order valence-electron chi connectivity index (χ4n) is 1.49. The molecule has 0 atom stereocenters. The molecule has 0 aliphatic rings. The largest absolute Gasteiger partial charge is 0.330 e. The maximum atomic E-state index is 5.49. The second kappa shape index (κ2) is 4.18. The van der Waals surface area contributed by atoms with E-state index in [2.05, 4.69) is 21.1 Å². The van der Waals surface area contributed by atoms with Crippen molar-refractivity contribution in [1.82, 2.24) is 19.7 Å². The van der Waals surface area contributed by atoms with Gasteiger partial charge in [-0.25, -0.2) is 14.6 Å². The molecule has 2 aromatic heterocycles. The molecular weight excluding hydrogens is 190 g/mol. The monoisotopic (exact) mass is 203 g/mol. The van der Waals surface area contributed by atoms with E-state index in [1.165, 1.54) is 6.33 Å². The zero-order valence-electron chi connectivity index (χ0n) is 8.59. The molecule has 0 radical (unpaired) electrons. The highest BCUT2D eigenvalue weighted by Crippen LogP contribution is 2.11. The van der Waals surface area contributed by atoms with Crippen molar-refractivity contribution in [2.75, 3.05) is 6.54 Å². The third kappa shape index (κ3) is 2.02. The number of pyridine rings is 1. The summed E-state index contributed by atoms with van der Waals surface area (Å²) in [7, 11) is 0. The van der Waals surface area contributed by atoms with Crippen LogP contribution in [0.4, 0.5) is 0 Å². The van der Waals surface area contributed by atoms with Crippen molar-refractivity contribution in [3.63, 3.8) is 0 Å². The molecule has 0 saturated carbocycles. The van der Waals surface area contributed by atoms with Crippen LogP contribution in [-0.4, -0.2) is 26.3 Å². The molecule has 2 aromatic rings. The van der Waals surface area contributed by atoms with Gasteiger partial charge in [-0.2, -0.15) is 5.10 Å². The van der Waals surface area contributed by atoms with Crippen molar-refractivity contribution >= 4 is 0 Å². The summed E-state index contributed by atoms with van der Waals surface area (Å²) in [5, 5.41) is 4.04. The molecule has 78 valence electrons. The Morgan fingerprint density at radius 2 is 2.33 bits per heavy atom. The Hall–Kier alpha value is -1.75. The minimum absolute atomic E-state index is 0.643. The smallest absolute Gasteiger partial charge is 0.158 e. The molecule has 0 unspecified atom stereocenters. The Balaban J connectivity index is 2.35. The van der Waals surface area contributed by atoms with E-state index in [1.807, 2.05) is 13.1 Å². The van der Waals surface area contributed by atoms with Gasteiger partial charge in [0.2, 0.25) is 0 Å². The van der Waals surface area contributed by atoms with Gasteiger partial charge in [0.15, 0.2) is 5.82 Å². The summed E-state index contributed by atoms with van der Waals surface area (Å²) >= 11 is 0. The molecule has 0 aromatic carbocycles. The summed E-state index contributed by atoms with van der Waals surface area (Å²) < 4.78 is 1.65. The average molecular weight is 203 g/mol. The molecule has 0 aliphatic carbocycles. The highest BCUT2D eigenvalue weighted by atomic mass is 15.3. The molecule has 0 bridgehead atoms. The van der Waals surface area contributed by atoms with E-state index in [1.54, 1.807) is 11.0 Å². The number of aromatic nitrogens is 4. The first-order chi connectivity index (χ1) is 7.31. The molecule has 5 heteroatoms. The van der Waals surface area contributed by atoms with Crippen molar-refractivity contribution in [3.05, 3.63) is 36.0 Å². The predicted octanol–water partition coefficient (Wildman–Crippen LogP) is 0.472. The van der Waals surface area contributed by atoms with Crippen molar-refractivity contribution < 1.29 is 0 Å². The number of aryl methyl sites for hydroxylation is 1. The highest BCUT2D eigenvalue weighted by Gasteiger charge is 2.03. The van der Waals surface area contributed by atoms with Gasteiger partial charge >= 0.3 is 0 Å². The van der Waals surface area contributed by atoms with Gasteiger partial charge in [-0.05, 0) is 31.0 Å². The third-order valence-corrected chi connectivity index (χ3v) is 2.18. The summed E-state index contributed by atoms with van der Waals surface area (Å²) in [6, 6.07) is 2.08.